The van der Waals surface area contributed by atoms with Crippen LogP contribution in [0.1, 0.15) is 19.4 Å². The molecule has 2 rings (SSSR count). The minimum absolute atomic E-state index is 0.0240. The molecule has 0 saturated carbocycles. The Labute approximate surface area is 169 Å². The van der Waals surface area contributed by atoms with Gasteiger partial charge in [0.2, 0.25) is 0 Å². The summed E-state index contributed by atoms with van der Waals surface area (Å²) >= 11 is 0. The van der Waals surface area contributed by atoms with E-state index in [9.17, 15) is 14.0 Å². The zero-order chi connectivity index (χ0) is 21.2. The van der Waals surface area contributed by atoms with Crippen LogP contribution in [0.3, 0.4) is 0 Å². The number of esters is 1. The second kappa shape index (κ2) is 10.8. The van der Waals surface area contributed by atoms with E-state index in [1.54, 1.807) is 24.3 Å². The molecule has 29 heavy (non-hydrogen) atoms. The number of para-hydroxylation sites is 1. The van der Waals surface area contributed by atoms with Crippen molar-refractivity contribution in [2.45, 2.75) is 13.8 Å². The lowest BCUT2D eigenvalue weighted by Crippen LogP contribution is -2.20. The van der Waals surface area contributed by atoms with Crippen molar-refractivity contribution in [1.82, 2.24) is 0 Å². The molecule has 0 saturated heterocycles. The first-order chi connectivity index (χ1) is 13.9. The Morgan fingerprint density at radius 3 is 2.59 bits per heavy atom. The SMILES string of the molecule is COc1cc(/C=C/C(=O)OCC(=O)Nc2ccccc2F)ccc1OCC(C)C. The first kappa shape index (κ1) is 21.9. The Morgan fingerprint density at radius 1 is 1.14 bits per heavy atom. The van der Waals surface area contributed by atoms with Crippen molar-refractivity contribution < 1.29 is 28.2 Å². The van der Waals surface area contributed by atoms with E-state index < -0.39 is 24.3 Å². The third kappa shape index (κ3) is 7.29. The van der Waals surface area contributed by atoms with Crippen molar-refractivity contribution in [2.75, 3.05) is 25.6 Å². The molecule has 0 heterocycles. The van der Waals surface area contributed by atoms with E-state index in [2.05, 4.69) is 5.32 Å². The first-order valence-corrected chi connectivity index (χ1v) is 9.09. The van der Waals surface area contributed by atoms with E-state index in [-0.39, 0.29) is 5.69 Å². The molecule has 0 aliphatic carbocycles. The summed E-state index contributed by atoms with van der Waals surface area (Å²) in [5.41, 5.74) is 0.725. The van der Waals surface area contributed by atoms with Gasteiger partial charge in [-0.2, -0.15) is 0 Å². The highest BCUT2D eigenvalue weighted by atomic mass is 19.1. The van der Waals surface area contributed by atoms with E-state index in [0.29, 0.717) is 29.6 Å². The van der Waals surface area contributed by atoms with E-state index in [1.807, 2.05) is 13.8 Å². The van der Waals surface area contributed by atoms with Crippen molar-refractivity contribution in [2.24, 2.45) is 5.92 Å². The number of halogens is 1. The summed E-state index contributed by atoms with van der Waals surface area (Å²) < 4.78 is 29.3. The van der Waals surface area contributed by atoms with Gasteiger partial charge in [0, 0.05) is 6.08 Å². The van der Waals surface area contributed by atoms with Gasteiger partial charge >= 0.3 is 5.97 Å². The second-order valence-electron chi connectivity index (χ2n) is 6.58. The van der Waals surface area contributed by atoms with Crippen LogP contribution in [-0.2, 0) is 14.3 Å². The van der Waals surface area contributed by atoms with Crippen LogP contribution in [0.2, 0.25) is 0 Å². The highest BCUT2D eigenvalue weighted by molar-refractivity contribution is 5.94. The number of carbonyl (C=O) groups excluding carboxylic acids is 2. The molecule has 0 aliphatic heterocycles. The van der Waals surface area contributed by atoms with Gasteiger partial charge in [-0.3, -0.25) is 4.79 Å². The second-order valence-corrected chi connectivity index (χ2v) is 6.58. The molecule has 6 nitrogen and oxygen atoms in total. The Bertz CT molecular complexity index is 879. The van der Waals surface area contributed by atoms with Crippen LogP contribution in [-0.4, -0.2) is 32.2 Å². The molecule has 0 spiro atoms. The third-order valence-electron chi connectivity index (χ3n) is 3.67. The van der Waals surface area contributed by atoms with Gasteiger partial charge < -0.3 is 19.5 Å². The number of amides is 1. The molecule has 0 aromatic heterocycles. The largest absolute Gasteiger partial charge is 0.493 e. The monoisotopic (exact) mass is 401 g/mol. The zero-order valence-corrected chi connectivity index (χ0v) is 16.6. The molecule has 154 valence electrons. The molecule has 0 aliphatic rings. The van der Waals surface area contributed by atoms with E-state index in [1.165, 1.54) is 37.5 Å². The molecule has 2 aromatic rings. The number of methoxy groups -OCH3 is 1. The summed E-state index contributed by atoms with van der Waals surface area (Å²) in [5, 5.41) is 2.33. The number of nitrogens with one attached hydrogen (secondary N) is 1. The summed E-state index contributed by atoms with van der Waals surface area (Å²) in [6.07, 6.45) is 2.73. The van der Waals surface area contributed by atoms with Crippen LogP contribution in [0, 0.1) is 11.7 Å². The lowest BCUT2D eigenvalue weighted by Gasteiger charge is -2.12. The summed E-state index contributed by atoms with van der Waals surface area (Å²) in [6, 6.07) is 11.0. The highest BCUT2D eigenvalue weighted by Gasteiger charge is 2.09. The third-order valence-corrected chi connectivity index (χ3v) is 3.67. The summed E-state index contributed by atoms with van der Waals surface area (Å²) in [6.45, 7) is 4.13. The van der Waals surface area contributed by atoms with Gasteiger partial charge in [0.05, 0.1) is 19.4 Å². The van der Waals surface area contributed by atoms with Gasteiger partial charge in [-0.1, -0.05) is 32.0 Å². The van der Waals surface area contributed by atoms with E-state index in [0.717, 1.165) is 0 Å². The van der Waals surface area contributed by atoms with Crippen LogP contribution in [0.15, 0.2) is 48.5 Å². The number of benzene rings is 2. The number of anilines is 1. The normalized spacial score (nSPS) is 10.8. The lowest BCUT2D eigenvalue weighted by molar-refractivity contribution is -0.142. The number of hydrogen-bond donors (Lipinski definition) is 1. The average molecular weight is 401 g/mol. The lowest BCUT2D eigenvalue weighted by atomic mass is 10.2. The van der Waals surface area contributed by atoms with Gasteiger partial charge in [0.25, 0.3) is 5.91 Å². The Balaban J connectivity index is 1.88. The van der Waals surface area contributed by atoms with Gasteiger partial charge in [0.15, 0.2) is 18.1 Å². The standard InChI is InChI=1S/C22H24FNO5/c1-15(2)13-28-19-10-8-16(12-20(19)27-3)9-11-22(26)29-14-21(25)24-18-7-5-4-6-17(18)23/h4-12,15H,13-14H2,1-3H3,(H,24,25)/b11-9+. The Hall–Kier alpha value is -3.35. The number of hydrogen-bond acceptors (Lipinski definition) is 5. The summed E-state index contributed by atoms with van der Waals surface area (Å²) in [4.78, 5) is 23.6. The summed E-state index contributed by atoms with van der Waals surface area (Å²) in [7, 11) is 1.54. The fourth-order valence-electron chi connectivity index (χ4n) is 2.26. The van der Waals surface area contributed by atoms with Gasteiger partial charge in [0.1, 0.15) is 5.82 Å². The van der Waals surface area contributed by atoms with Crippen molar-refractivity contribution >= 4 is 23.6 Å². The zero-order valence-electron chi connectivity index (χ0n) is 16.6. The van der Waals surface area contributed by atoms with Crippen LogP contribution < -0.4 is 14.8 Å². The van der Waals surface area contributed by atoms with E-state index >= 15 is 0 Å². The fourth-order valence-corrected chi connectivity index (χ4v) is 2.26. The maximum atomic E-state index is 13.5. The predicted molar refractivity (Wildman–Crippen MR) is 108 cm³/mol. The number of rotatable bonds is 9. The van der Waals surface area contributed by atoms with Gasteiger partial charge in [-0.25, -0.2) is 9.18 Å². The molecular formula is C22H24FNO5. The van der Waals surface area contributed by atoms with E-state index in [4.69, 9.17) is 14.2 Å². The van der Waals surface area contributed by atoms with Crippen molar-refractivity contribution in [1.29, 1.82) is 0 Å². The predicted octanol–water partition coefficient (Wildman–Crippen LogP) is 4.06. The van der Waals surface area contributed by atoms with Crippen molar-refractivity contribution in [3.63, 3.8) is 0 Å². The molecule has 2 aromatic carbocycles. The Morgan fingerprint density at radius 2 is 1.90 bits per heavy atom. The average Bonchev–Trinajstić information content (AvgIpc) is 2.71. The number of ether oxygens (including phenoxy) is 3. The maximum absolute atomic E-state index is 13.5. The van der Waals surface area contributed by atoms with Crippen LogP contribution in [0.5, 0.6) is 11.5 Å². The molecule has 0 bridgehead atoms. The molecular weight excluding hydrogens is 377 g/mol. The number of carbonyl (C=O) groups is 2. The molecule has 0 unspecified atom stereocenters. The topological polar surface area (TPSA) is 73.9 Å². The maximum Gasteiger partial charge on any atom is 0.331 e. The highest BCUT2D eigenvalue weighted by Crippen LogP contribution is 2.29. The van der Waals surface area contributed by atoms with Crippen molar-refractivity contribution in [3.05, 3.63) is 59.9 Å². The van der Waals surface area contributed by atoms with Gasteiger partial charge in [-0.15, -0.1) is 0 Å². The molecule has 7 heteroatoms. The van der Waals surface area contributed by atoms with Crippen LogP contribution in [0.4, 0.5) is 10.1 Å². The molecule has 0 fully saturated rings. The molecule has 1 amide bonds. The summed E-state index contributed by atoms with van der Waals surface area (Å²) in [5.74, 6) is -0.361. The molecule has 1 N–H and O–H groups in total. The quantitative estimate of drug-likeness (QED) is 0.507. The Kier molecular flexibility index (Phi) is 8.21. The van der Waals surface area contributed by atoms with Crippen LogP contribution in [0.25, 0.3) is 6.08 Å². The first-order valence-electron chi connectivity index (χ1n) is 9.09. The molecule has 0 atom stereocenters. The van der Waals surface area contributed by atoms with Crippen LogP contribution >= 0.6 is 0 Å². The minimum Gasteiger partial charge on any atom is -0.493 e. The van der Waals surface area contributed by atoms with Crippen molar-refractivity contribution in [3.8, 4) is 11.5 Å². The van der Waals surface area contributed by atoms with Gasteiger partial charge in [-0.05, 0) is 41.8 Å². The fraction of sp³-hybridized carbons (Fsp3) is 0.273. The smallest absolute Gasteiger partial charge is 0.331 e. The minimum atomic E-state index is -0.701. The molecule has 0 radical (unpaired) electrons.